The van der Waals surface area contributed by atoms with Gasteiger partial charge in [0.15, 0.2) is 11.5 Å². The Morgan fingerprint density at radius 2 is 1.82 bits per heavy atom. The van der Waals surface area contributed by atoms with E-state index < -0.39 is 0 Å². The molecule has 1 aromatic heterocycles. The van der Waals surface area contributed by atoms with E-state index in [1.165, 1.54) is 16.0 Å². The number of nitrogens with zero attached hydrogens (tertiary/aromatic N) is 2. The number of carbonyl (C=O) groups excluding carboxylic acids is 1. The van der Waals surface area contributed by atoms with Gasteiger partial charge in [0.1, 0.15) is 0 Å². The Labute approximate surface area is 205 Å². The molecule has 3 aromatic rings. The van der Waals surface area contributed by atoms with Crippen molar-refractivity contribution in [2.24, 2.45) is 0 Å². The van der Waals surface area contributed by atoms with E-state index in [4.69, 9.17) is 14.2 Å². The van der Waals surface area contributed by atoms with Gasteiger partial charge in [-0.2, -0.15) is 0 Å². The quantitative estimate of drug-likeness (QED) is 0.431. The van der Waals surface area contributed by atoms with Gasteiger partial charge in [0, 0.05) is 31.6 Å². The maximum absolute atomic E-state index is 13.6. The molecule has 1 atom stereocenters. The second kappa shape index (κ2) is 11.5. The molecule has 6 nitrogen and oxygen atoms in total. The molecule has 0 unspecified atom stereocenters. The van der Waals surface area contributed by atoms with Crippen LogP contribution in [0.3, 0.4) is 0 Å². The third kappa shape index (κ3) is 5.43. The minimum atomic E-state index is -0.00601. The molecule has 180 valence electrons. The van der Waals surface area contributed by atoms with Gasteiger partial charge in [0.2, 0.25) is 5.91 Å². The van der Waals surface area contributed by atoms with Crippen LogP contribution in [0.4, 0.5) is 0 Å². The predicted octanol–water partition coefficient (Wildman–Crippen LogP) is 4.39. The third-order valence-corrected chi connectivity index (χ3v) is 7.18. The van der Waals surface area contributed by atoms with Crippen LogP contribution in [0.15, 0.2) is 60.0 Å². The lowest BCUT2D eigenvalue weighted by Gasteiger charge is -2.38. The summed E-state index contributed by atoms with van der Waals surface area (Å²) in [5.41, 5.74) is 3.52. The fraction of sp³-hybridized carbons (Fsp3) is 0.370. The Morgan fingerprint density at radius 3 is 2.50 bits per heavy atom. The lowest BCUT2D eigenvalue weighted by Crippen LogP contribution is -2.45. The number of rotatable bonds is 10. The topological polar surface area (TPSA) is 51.2 Å². The van der Waals surface area contributed by atoms with E-state index in [-0.39, 0.29) is 11.9 Å². The highest BCUT2D eigenvalue weighted by atomic mass is 32.1. The van der Waals surface area contributed by atoms with E-state index in [0.29, 0.717) is 32.0 Å². The van der Waals surface area contributed by atoms with Gasteiger partial charge in [-0.25, -0.2) is 0 Å². The maximum Gasteiger partial charge on any atom is 0.237 e. The van der Waals surface area contributed by atoms with Crippen molar-refractivity contribution in [1.29, 1.82) is 0 Å². The van der Waals surface area contributed by atoms with Gasteiger partial charge >= 0.3 is 0 Å². The molecule has 7 heteroatoms. The summed E-state index contributed by atoms with van der Waals surface area (Å²) < 4.78 is 16.4. The molecule has 2 heterocycles. The van der Waals surface area contributed by atoms with Gasteiger partial charge in [-0.05, 0) is 46.7 Å². The van der Waals surface area contributed by atoms with Crippen LogP contribution in [0.5, 0.6) is 11.5 Å². The van der Waals surface area contributed by atoms with Gasteiger partial charge < -0.3 is 19.1 Å². The van der Waals surface area contributed by atoms with Crippen molar-refractivity contribution in [1.82, 2.24) is 9.80 Å². The zero-order chi connectivity index (χ0) is 23.9. The molecule has 1 amide bonds. The van der Waals surface area contributed by atoms with Crippen LogP contribution in [-0.2, 0) is 22.5 Å². The first-order chi connectivity index (χ1) is 16.6. The summed E-state index contributed by atoms with van der Waals surface area (Å²) in [6.07, 6.45) is 0.849. The predicted molar refractivity (Wildman–Crippen MR) is 135 cm³/mol. The first kappa shape index (κ1) is 24.3. The highest BCUT2D eigenvalue weighted by molar-refractivity contribution is 7.10. The summed E-state index contributed by atoms with van der Waals surface area (Å²) in [5, 5.41) is 2.09. The Balaban J connectivity index is 1.61. The molecule has 1 aliphatic rings. The van der Waals surface area contributed by atoms with Gasteiger partial charge in [0.25, 0.3) is 0 Å². The molecule has 1 aliphatic heterocycles. The Kier molecular flexibility index (Phi) is 8.21. The summed E-state index contributed by atoms with van der Waals surface area (Å²) in [5.74, 6) is 1.55. The van der Waals surface area contributed by atoms with Crippen molar-refractivity contribution in [2.45, 2.75) is 19.0 Å². The molecule has 34 heavy (non-hydrogen) atoms. The molecule has 0 N–H and O–H groups in total. The van der Waals surface area contributed by atoms with Crippen molar-refractivity contribution in [3.63, 3.8) is 0 Å². The Morgan fingerprint density at radius 1 is 1.06 bits per heavy atom. The lowest BCUT2D eigenvalue weighted by molar-refractivity contribution is -0.134. The average Bonchev–Trinajstić information content (AvgIpc) is 3.40. The molecule has 0 saturated heterocycles. The van der Waals surface area contributed by atoms with Crippen molar-refractivity contribution in [3.05, 3.63) is 81.5 Å². The van der Waals surface area contributed by atoms with Crippen LogP contribution >= 0.6 is 11.3 Å². The minimum absolute atomic E-state index is 0.00601. The molecule has 2 aromatic carbocycles. The molecule has 0 spiro atoms. The SMILES string of the molecule is COCCN(Cc1ccccc1)C(=O)CN1CCc2cc(OC)c(OC)cc2[C@@H]1c1cccs1. The Bertz CT molecular complexity index is 1070. The van der Waals surface area contributed by atoms with Crippen LogP contribution in [-0.4, -0.2) is 63.3 Å². The van der Waals surface area contributed by atoms with E-state index in [0.717, 1.165) is 24.3 Å². The summed E-state index contributed by atoms with van der Waals surface area (Å²) in [6, 6.07) is 18.5. The van der Waals surface area contributed by atoms with Crippen LogP contribution in [0.25, 0.3) is 0 Å². The monoisotopic (exact) mass is 480 g/mol. The van der Waals surface area contributed by atoms with Crippen molar-refractivity contribution < 1.29 is 19.0 Å². The molecule has 0 aliphatic carbocycles. The molecule has 0 radical (unpaired) electrons. The smallest absolute Gasteiger partial charge is 0.237 e. The molecule has 0 fully saturated rings. The van der Waals surface area contributed by atoms with Crippen molar-refractivity contribution >= 4 is 17.2 Å². The normalized spacial score (nSPS) is 15.6. The Hall–Kier alpha value is -2.87. The molecule has 0 bridgehead atoms. The zero-order valence-electron chi connectivity index (χ0n) is 20.0. The molecular formula is C27H32N2O4S. The van der Waals surface area contributed by atoms with E-state index in [9.17, 15) is 4.79 Å². The fourth-order valence-electron chi connectivity index (χ4n) is 4.52. The summed E-state index contributed by atoms with van der Waals surface area (Å²) in [7, 11) is 4.99. The lowest BCUT2D eigenvalue weighted by atomic mass is 9.90. The van der Waals surface area contributed by atoms with Crippen molar-refractivity contribution in [2.75, 3.05) is 47.6 Å². The van der Waals surface area contributed by atoms with E-state index in [1.807, 2.05) is 23.1 Å². The largest absolute Gasteiger partial charge is 0.493 e. The van der Waals surface area contributed by atoms with Gasteiger partial charge in [0.05, 0.1) is 33.4 Å². The number of thiophene rings is 1. The number of ether oxygens (including phenoxy) is 3. The average molecular weight is 481 g/mol. The van der Waals surface area contributed by atoms with Crippen LogP contribution in [0.1, 0.15) is 27.6 Å². The maximum atomic E-state index is 13.6. The highest BCUT2D eigenvalue weighted by Crippen LogP contribution is 2.42. The minimum Gasteiger partial charge on any atom is -0.493 e. The molecule has 4 rings (SSSR count). The number of benzene rings is 2. The van der Waals surface area contributed by atoms with E-state index >= 15 is 0 Å². The summed E-state index contributed by atoms with van der Waals surface area (Å²) >= 11 is 1.71. The zero-order valence-corrected chi connectivity index (χ0v) is 20.8. The summed E-state index contributed by atoms with van der Waals surface area (Å²) in [6.45, 7) is 2.77. The second-order valence-electron chi connectivity index (χ2n) is 8.34. The van der Waals surface area contributed by atoms with E-state index in [1.54, 1.807) is 32.7 Å². The number of amides is 1. The number of hydrogen-bond donors (Lipinski definition) is 0. The standard InChI is InChI=1S/C27H32N2O4S/c1-31-14-13-28(18-20-8-5-4-6-9-20)26(30)19-29-12-11-21-16-23(32-2)24(33-3)17-22(21)27(29)25-10-7-15-34-25/h4-10,15-17,27H,11-14,18-19H2,1-3H3/t27-/m1/s1. The third-order valence-electron chi connectivity index (χ3n) is 6.26. The molecular weight excluding hydrogens is 448 g/mol. The number of methoxy groups -OCH3 is 3. The summed E-state index contributed by atoms with van der Waals surface area (Å²) in [4.78, 5) is 19.0. The van der Waals surface area contributed by atoms with Crippen LogP contribution in [0, 0.1) is 0 Å². The van der Waals surface area contributed by atoms with E-state index in [2.05, 4.69) is 46.7 Å². The first-order valence-electron chi connectivity index (χ1n) is 11.5. The van der Waals surface area contributed by atoms with Crippen molar-refractivity contribution in [3.8, 4) is 11.5 Å². The second-order valence-corrected chi connectivity index (χ2v) is 9.32. The van der Waals surface area contributed by atoms with Gasteiger partial charge in [-0.3, -0.25) is 9.69 Å². The van der Waals surface area contributed by atoms with Gasteiger partial charge in [-0.1, -0.05) is 36.4 Å². The first-order valence-corrected chi connectivity index (χ1v) is 12.4. The van der Waals surface area contributed by atoms with Crippen LogP contribution in [0.2, 0.25) is 0 Å². The number of fused-ring (bicyclic) bond motifs is 1. The molecule has 0 saturated carbocycles. The number of hydrogen-bond acceptors (Lipinski definition) is 6. The number of carbonyl (C=O) groups is 1. The highest BCUT2D eigenvalue weighted by Gasteiger charge is 2.33. The van der Waals surface area contributed by atoms with Crippen LogP contribution < -0.4 is 9.47 Å². The van der Waals surface area contributed by atoms with Gasteiger partial charge in [-0.15, -0.1) is 11.3 Å². The fourth-order valence-corrected chi connectivity index (χ4v) is 5.40.